The Morgan fingerprint density at radius 2 is 2.00 bits per heavy atom. The number of fused-ring (bicyclic) bond motifs is 1. The van der Waals surface area contributed by atoms with Gasteiger partial charge in [-0.15, -0.1) is 17.0 Å². The molecule has 132 valence electrons. The van der Waals surface area contributed by atoms with Crippen molar-refractivity contribution in [1.82, 2.24) is 14.7 Å². The summed E-state index contributed by atoms with van der Waals surface area (Å²) in [5.41, 5.74) is -0.705. The average Bonchev–Trinajstić information content (AvgIpc) is 2.74. The molecule has 2 rings (SSSR count). The number of rotatable bonds is 4. The molecular weight excluding hydrogens is 368 g/mol. The van der Waals surface area contributed by atoms with Crippen molar-refractivity contribution in [3.8, 4) is 0 Å². The van der Waals surface area contributed by atoms with Crippen LogP contribution in [0.25, 0.3) is 0 Å². The molecular formula is C14H25BrN4O4. The molecule has 0 aliphatic carbocycles. The molecule has 0 aromatic heterocycles. The van der Waals surface area contributed by atoms with Crippen LogP contribution >= 0.6 is 17.0 Å². The van der Waals surface area contributed by atoms with Gasteiger partial charge in [0.1, 0.15) is 0 Å². The van der Waals surface area contributed by atoms with Crippen molar-refractivity contribution >= 4 is 35.0 Å². The maximum Gasteiger partial charge on any atom is 0.407 e. The van der Waals surface area contributed by atoms with E-state index in [2.05, 4.69) is 0 Å². The first kappa shape index (κ1) is 19.5. The smallest absolute Gasteiger partial charge is 0.407 e. The van der Waals surface area contributed by atoms with Crippen LogP contribution in [0.3, 0.4) is 0 Å². The molecule has 2 saturated heterocycles. The molecule has 2 N–H and O–H groups in total. The Kier molecular flexibility index (Phi) is 6.26. The lowest BCUT2D eigenvalue weighted by atomic mass is 9.93. The van der Waals surface area contributed by atoms with Crippen molar-refractivity contribution in [1.29, 1.82) is 5.41 Å². The number of hydrogen-bond acceptors (Lipinski definition) is 4. The molecule has 0 aromatic rings. The summed E-state index contributed by atoms with van der Waals surface area (Å²) >= 11 is 0. The van der Waals surface area contributed by atoms with E-state index >= 15 is 0 Å². The summed E-state index contributed by atoms with van der Waals surface area (Å²) in [5.74, 6) is 0.0900. The summed E-state index contributed by atoms with van der Waals surface area (Å²) in [5, 5.41) is 17.3. The van der Waals surface area contributed by atoms with Crippen LogP contribution in [0.15, 0.2) is 0 Å². The minimum Gasteiger partial charge on any atom is -0.466 e. The summed E-state index contributed by atoms with van der Waals surface area (Å²) in [6, 6.07) is -0.0182. The first-order valence-corrected chi connectivity index (χ1v) is 7.51. The van der Waals surface area contributed by atoms with Crippen molar-refractivity contribution in [2.45, 2.75) is 26.8 Å². The molecule has 1 atom stereocenters. The van der Waals surface area contributed by atoms with Gasteiger partial charge in [-0.1, -0.05) is 0 Å². The van der Waals surface area contributed by atoms with E-state index < -0.39 is 11.5 Å². The minimum atomic E-state index is -0.920. The zero-order valence-corrected chi connectivity index (χ0v) is 15.5. The summed E-state index contributed by atoms with van der Waals surface area (Å²) in [6.07, 6.45) is -0.920. The molecule has 2 aliphatic heterocycles. The van der Waals surface area contributed by atoms with E-state index in [0.29, 0.717) is 45.3 Å². The zero-order valence-electron chi connectivity index (χ0n) is 13.7. The van der Waals surface area contributed by atoms with Gasteiger partial charge in [0.15, 0.2) is 5.96 Å². The molecule has 0 spiro atoms. The van der Waals surface area contributed by atoms with Crippen LogP contribution in [-0.2, 0) is 9.53 Å². The highest BCUT2D eigenvalue weighted by molar-refractivity contribution is 8.93. The van der Waals surface area contributed by atoms with Crippen molar-refractivity contribution in [2.75, 3.05) is 39.3 Å². The lowest BCUT2D eigenvalue weighted by Crippen LogP contribution is -2.53. The number of nitrogens with zero attached hydrogens (tertiary/aromatic N) is 3. The Hall–Kier alpha value is -1.51. The number of esters is 1. The fourth-order valence-corrected chi connectivity index (χ4v) is 2.99. The van der Waals surface area contributed by atoms with Gasteiger partial charge in [-0.2, -0.15) is 0 Å². The monoisotopic (exact) mass is 392 g/mol. The standard InChI is InChI=1S/C14H24N4O4.BrH/c1-4-22-11(19)14(2,3)9-17-8-10-7-16(13(20)21)5-6-18(10)12(17)15;/h10,15H,4-9H2,1-3H3,(H,20,21);1H. The lowest BCUT2D eigenvalue weighted by molar-refractivity contribution is -0.153. The SMILES string of the molecule is Br.CCOC(=O)C(C)(C)CN1CC2CN(C(=O)O)CCN2C1=N. The van der Waals surface area contributed by atoms with Crippen LogP contribution in [0.2, 0.25) is 0 Å². The molecule has 9 heteroatoms. The second-order valence-corrected chi connectivity index (χ2v) is 6.38. The van der Waals surface area contributed by atoms with Gasteiger partial charge in [0.05, 0.1) is 18.1 Å². The summed E-state index contributed by atoms with van der Waals surface area (Å²) < 4.78 is 5.08. The van der Waals surface area contributed by atoms with Gasteiger partial charge in [-0.05, 0) is 20.8 Å². The van der Waals surface area contributed by atoms with Gasteiger partial charge < -0.3 is 24.5 Å². The van der Waals surface area contributed by atoms with Gasteiger partial charge >= 0.3 is 12.1 Å². The molecule has 8 nitrogen and oxygen atoms in total. The van der Waals surface area contributed by atoms with E-state index in [4.69, 9.17) is 15.3 Å². The van der Waals surface area contributed by atoms with Crippen LogP contribution in [0.5, 0.6) is 0 Å². The van der Waals surface area contributed by atoms with E-state index in [1.807, 2.05) is 9.80 Å². The van der Waals surface area contributed by atoms with Gasteiger partial charge in [0.25, 0.3) is 0 Å². The first-order valence-electron chi connectivity index (χ1n) is 7.51. The van der Waals surface area contributed by atoms with Crippen LogP contribution in [0, 0.1) is 10.8 Å². The summed E-state index contributed by atoms with van der Waals surface area (Å²) in [7, 11) is 0. The van der Waals surface area contributed by atoms with Gasteiger partial charge in [-0.3, -0.25) is 10.2 Å². The van der Waals surface area contributed by atoms with E-state index in [0.717, 1.165) is 0 Å². The lowest BCUT2D eigenvalue weighted by Gasteiger charge is -2.35. The molecule has 23 heavy (non-hydrogen) atoms. The fourth-order valence-electron chi connectivity index (χ4n) is 2.99. The number of amides is 1. The van der Waals surface area contributed by atoms with Crippen molar-refractivity contribution in [3.05, 3.63) is 0 Å². The van der Waals surface area contributed by atoms with E-state index in [1.165, 1.54) is 4.90 Å². The van der Waals surface area contributed by atoms with E-state index in [1.54, 1.807) is 20.8 Å². The Morgan fingerprint density at radius 3 is 2.57 bits per heavy atom. The normalized spacial score (nSPS) is 20.9. The van der Waals surface area contributed by atoms with Crippen LogP contribution < -0.4 is 0 Å². The first-order chi connectivity index (χ1) is 10.3. The Balaban J connectivity index is 0.00000264. The summed E-state index contributed by atoms with van der Waals surface area (Å²) in [4.78, 5) is 28.2. The predicted molar refractivity (Wildman–Crippen MR) is 90.1 cm³/mol. The predicted octanol–water partition coefficient (Wildman–Crippen LogP) is 1.07. The number of carboxylic acid groups (broad SMARTS) is 1. The molecule has 2 fully saturated rings. The highest BCUT2D eigenvalue weighted by Crippen LogP contribution is 2.26. The molecule has 0 radical (unpaired) electrons. The summed E-state index contributed by atoms with van der Waals surface area (Å²) in [6.45, 7) is 7.99. The Labute approximate surface area is 146 Å². The number of carbonyl (C=O) groups excluding carboxylic acids is 1. The van der Waals surface area contributed by atoms with Gasteiger partial charge in [-0.25, -0.2) is 4.79 Å². The third kappa shape index (κ3) is 4.07. The molecule has 0 saturated carbocycles. The van der Waals surface area contributed by atoms with Crippen LogP contribution in [0.1, 0.15) is 20.8 Å². The number of halogens is 1. The second-order valence-electron chi connectivity index (χ2n) is 6.38. The minimum absolute atomic E-state index is 0. The molecule has 1 amide bonds. The molecule has 0 aromatic carbocycles. The van der Waals surface area contributed by atoms with Gasteiger partial charge in [0, 0.05) is 32.7 Å². The zero-order chi connectivity index (χ0) is 16.5. The molecule has 2 aliphatic rings. The van der Waals surface area contributed by atoms with Gasteiger partial charge in [0.2, 0.25) is 0 Å². The number of guanidine groups is 1. The third-order valence-corrected chi connectivity index (χ3v) is 4.17. The quantitative estimate of drug-likeness (QED) is 0.694. The second kappa shape index (κ2) is 7.37. The average molecular weight is 393 g/mol. The molecule has 0 bridgehead atoms. The number of hydrogen-bond donors (Lipinski definition) is 2. The number of carbonyl (C=O) groups is 2. The Morgan fingerprint density at radius 1 is 1.35 bits per heavy atom. The van der Waals surface area contributed by atoms with E-state index in [-0.39, 0.29) is 29.0 Å². The van der Waals surface area contributed by atoms with Crippen LogP contribution in [-0.4, -0.2) is 83.2 Å². The molecule has 1 unspecified atom stereocenters. The number of piperazine rings is 1. The van der Waals surface area contributed by atoms with Crippen molar-refractivity contribution < 1.29 is 19.4 Å². The maximum atomic E-state index is 12.0. The highest BCUT2D eigenvalue weighted by atomic mass is 79.9. The fraction of sp³-hybridized carbons (Fsp3) is 0.786. The highest BCUT2D eigenvalue weighted by Gasteiger charge is 2.42. The number of nitrogens with one attached hydrogen (secondary N) is 1. The van der Waals surface area contributed by atoms with E-state index in [9.17, 15) is 9.59 Å². The van der Waals surface area contributed by atoms with Crippen LogP contribution in [0.4, 0.5) is 4.79 Å². The molecule has 2 heterocycles. The third-order valence-electron chi connectivity index (χ3n) is 4.17. The maximum absolute atomic E-state index is 12.0. The van der Waals surface area contributed by atoms with Crippen molar-refractivity contribution in [3.63, 3.8) is 0 Å². The van der Waals surface area contributed by atoms with Crippen molar-refractivity contribution in [2.24, 2.45) is 5.41 Å². The Bertz CT molecular complexity index is 485. The number of ether oxygens (including phenoxy) is 1. The largest absolute Gasteiger partial charge is 0.466 e. The topological polar surface area (TPSA) is 97.2 Å².